The molecule has 1 N–H and O–H groups in total. The standard InChI is InChI=1S/C13H11ClN4OS/c1-19-9-5-3-4-8(7-15)12(9)17-11-6-10(14)16-13(18-11)20-2/h3-6H,1-2H3,(H,16,17,18). The molecule has 7 heteroatoms. The highest BCUT2D eigenvalue weighted by molar-refractivity contribution is 7.98. The van der Waals surface area contributed by atoms with Crippen molar-refractivity contribution in [1.29, 1.82) is 5.26 Å². The minimum Gasteiger partial charge on any atom is -0.495 e. The number of ether oxygens (including phenoxy) is 1. The lowest BCUT2D eigenvalue weighted by atomic mass is 10.2. The maximum atomic E-state index is 9.16. The quantitative estimate of drug-likeness (QED) is 0.530. The molecule has 0 unspecified atom stereocenters. The first-order valence-electron chi connectivity index (χ1n) is 5.60. The largest absolute Gasteiger partial charge is 0.495 e. The van der Waals surface area contributed by atoms with Crippen LogP contribution in [0.5, 0.6) is 5.75 Å². The zero-order valence-corrected chi connectivity index (χ0v) is 12.4. The number of aromatic nitrogens is 2. The van der Waals surface area contributed by atoms with E-state index in [1.165, 1.54) is 11.8 Å². The Morgan fingerprint density at radius 1 is 1.40 bits per heavy atom. The summed E-state index contributed by atoms with van der Waals surface area (Å²) in [6.07, 6.45) is 1.86. The van der Waals surface area contributed by atoms with Gasteiger partial charge in [0.15, 0.2) is 5.16 Å². The van der Waals surface area contributed by atoms with Crippen LogP contribution in [0.25, 0.3) is 0 Å². The van der Waals surface area contributed by atoms with E-state index in [0.29, 0.717) is 33.1 Å². The summed E-state index contributed by atoms with van der Waals surface area (Å²) >= 11 is 7.33. The lowest BCUT2D eigenvalue weighted by Crippen LogP contribution is -2.01. The molecule has 0 spiro atoms. The van der Waals surface area contributed by atoms with Gasteiger partial charge in [0.1, 0.15) is 28.5 Å². The summed E-state index contributed by atoms with van der Waals surface area (Å²) in [5.41, 5.74) is 1.02. The molecule has 102 valence electrons. The molecule has 0 radical (unpaired) electrons. The van der Waals surface area contributed by atoms with Crippen LogP contribution < -0.4 is 10.1 Å². The van der Waals surface area contributed by atoms with Gasteiger partial charge in [-0.05, 0) is 18.4 Å². The second-order valence-electron chi connectivity index (χ2n) is 3.68. The summed E-state index contributed by atoms with van der Waals surface area (Å²) < 4.78 is 5.25. The van der Waals surface area contributed by atoms with Gasteiger partial charge in [0.25, 0.3) is 0 Å². The molecular weight excluding hydrogens is 296 g/mol. The van der Waals surface area contributed by atoms with Gasteiger partial charge in [-0.1, -0.05) is 29.4 Å². The van der Waals surface area contributed by atoms with Crippen molar-refractivity contribution in [2.24, 2.45) is 0 Å². The molecule has 1 aromatic heterocycles. The van der Waals surface area contributed by atoms with Crippen molar-refractivity contribution >= 4 is 34.9 Å². The number of nitrogens with one attached hydrogen (secondary N) is 1. The van der Waals surface area contributed by atoms with Crippen molar-refractivity contribution in [3.05, 3.63) is 35.0 Å². The molecule has 0 aliphatic heterocycles. The van der Waals surface area contributed by atoms with E-state index in [0.717, 1.165) is 0 Å². The first-order chi connectivity index (χ1) is 9.67. The second-order valence-corrected chi connectivity index (χ2v) is 4.84. The predicted molar refractivity (Wildman–Crippen MR) is 79.8 cm³/mol. The summed E-state index contributed by atoms with van der Waals surface area (Å²) in [6.45, 7) is 0. The SMILES string of the molecule is COc1cccc(C#N)c1Nc1cc(Cl)nc(SC)n1. The van der Waals surface area contributed by atoms with Gasteiger partial charge in [0.05, 0.1) is 12.7 Å². The minimum absolute atomic E-state index is 0.334. The molecule has 0 saturated heterocycles. The Hall–Kier alpha value is -1.97. The number of thioether (sulfide) groups is 1. The number of benzene rings is 1. The third-order valence-corrected chi connectivity index (χ3v) is 3.22. The maximum absolute atomic E-state index is 9.16. The van der Waals surface area contributed by atoms with Crippen LogP contribution in [0.2, 0.25) is 5.15 Å². The molecule has 1 aromatic carbocycles. The fraction of sp³-hybridized carbons (Fsp3) is 0.154. The van der Waals surface area contributed by atoms with Gasteiger partial charge in [-0.3, -0.25) is 0 Å². The first-order valence-corrected chi connectivity index (χ1v) is 7.21. The van der Waals surface area contributed by atoms with Crippen molar-refractivity contribution in [2.75, 3.05) is 18.7 Å². The molecule has 1 heterocycles. The Kier molecular flexibility index (Phi) is 4.66. The van der Waals surface area contributed by atoms with Crippen LogP contribution in [0.3, 0.4) is 0 Å². The normalized spacial score (nSPS) is 9.90. The number of methoxy groups -OCH3 is 1. The van der Waals surface area contributed by atoms with Crippen molar-refractivity contribution in [2.45, 2.75) is 5.16 Å². The maximum Gasteiger partial charge on any atom is 0.190 e. The van der Waals surface area contributed by atoms with E-state index < -0.39 is 0 Å². The third-order valence-electron chi connectivity index (χ3n) is 2.48. The monoisotopic (exact) mass is 306 g/mol. The van der Waals surface area contributed by atoms with Crippen molar-refractivity contribution in [3.63, 3.8) is 0 Å². The Morgan fingerprint density at radius 3 is 2.85 bits per heavy atom. The Bertz CT molecular complexity index is 672. The molecular formula is C13H11ClN4OS. The van der Waals surface area contributed by atoms with Crippen molar-refractivity contribution < 1.29 is 4.74 Å². The number of para-hydroxylation sites is 1. The summed E-state index contributed by atoms with van der Waals surface area (Å²) in [6, 6.07) is 8.92. The Labute approximate surface area is 126 Å². The van der Waals surface area contributed by atoms with Gasteiger partial charge in [-0.2, -0.15) is 5.26 Å². The van der Waals surface area contributed by atoms with Crippen LogP contribution in [-0.4, -0.2) is 23.3 Å². The molecule has 2 rings (SSSR count). The summed E-state index contributed by atoms with van der Waals surface area (Å²) in [5, 5.41) is 13.1. The zero-order chi connectivity index (χ0) is 14.5. The van der Waals surface area contributed by atoms with Crippen LogP contribution in [0.4, 0.5) is 11.5 Å². The van der Waals surface area contributed by atoms with Crippen LogP contribution in [0, 0.1) is 11.3 Å². The van der Waals surface area contributed by atoms with Crippen molar-refractivity contribution in [1.82, 2.24) is 9.97 Å². The highest BCUT2D eigenvalue weighted by Gasteiger charge is 2.11. The predicted octanol–water partition coefficient (Wildman–Crippen LogP) is 3.48. The number of nitriles is 1. The van der Waals surface area contributed by atoms with Gasteiger partial charge in [-0.15, -0.1) is 0 Å². The van der Waals surface area contributed by atoms with Crippen molar-refractivity contribution in [3.8, 4) is 11.8 Å². The van der Waals surface area contributed by atoms with E-state index in [4.69, 9.17) is 21.6 Å². The average Bonchev–Trinajstić information content (AvgIpc) is 2.46. The van der Waals surface area contributed by atoms with E-state index in [9.17, 15) is 0 Å². The number of halogens is 1. The molecule has 0 aliphatic rings. The van der Waals surface area contributed by atoms with Gasteiger partial charge >= 0.3 is 0 Å². The molecule has 0 amide bonds. The van der Waals surface area contributed by atoms with Crippen LogP contribution in [-0.2, 0) is 0 Å². The van der Waals surface area contributed by atoms with Crippen LogP contribution in [0.1, 0.15) is 5.56 Å². The highest BCUT2D eigenvalue weighted by atomic mass is 35.5. The second kappa shape index (κ2) is 6.46. The highest BCUT2D eigenvalue weighted by Crippen LogP contribution is 2.31. The smallest absolute Gasteiger partial charge is 0.190 e. The Balaban J connectivity index is 2.44. The number of hydrogen-bond donors (Lipinski definition) is 1. The lowest BCUT2D eigenvalue weighted by molar-refractivity contribution is 0.416. The zero-order valence-electron chi connectivity index (χ0n) is 10.8. The number of anilines is 2. The number of nitrogens with zero attached hydrogens (tertiary/aromatic N) is 3. The number of hydrogen-bond acceptors (Lipinski definition) is 6. The molecule has 5 nitrogen and oxygen atoms in total. The lowest BCUT2D eigenvalue weighted by Gasteiger charge is -2.12. The van der Waals surface area contributed by atoms with E-state index >= 15 is 0 Å². The van der Waals surface area contributed by atoms with Crippen LogP contribution in [0.15, 0.2) is 29.4 Å². The summed E-state index contributed by atoms with van der Waals surface area (Å²) in [5.74, 6) is 1.07. The summed E-state index contributed by atoms with van der Waals surface area (Å²) in [4.78, 5) is 8.35. The molecule has 0 aliphatic carbocycles. The summed E-state index contributed by atoms with van der Waals surface area (Å²) in [7, 11) is 1.54. The molecule has 0 fully saturated rings. The van der Waals surface area contributed by atoms with Gasteiger partial charge < -0.3 is 10.1 Å². The van der Waals surface area contributed by atoms with Gasteiger partial charge in [-0.25, -0.2) is 9.97 Å². The van der Waals surface area contributed by atoms with Gasteiger partial charge in [0.2, 0.25) is 0 Å². The topological polar surface area (TPSA) is 70.8 Å². The minimum atomic E-state index is 0.334. The fourth-order valence-corrected chi connectivity index (χ4v) is 2.22. The van der Waals surface area contributed by atoms with Crippen LogP contribution >= 0.6 is 23.4 Å². The van der Waals surface area contributed by atoms with E-state index in [2.05, 4.69) is 21.4 Å². The molecule has 20 heavy (non-hydrogen) atoms. The van der Waals surface area contributed by atoms with E-state index in [-0.39, 0.29) is 0 Å². The molecule has 0 atom stereocenters. The average molecular weight is 307 g/mol. The Morgan fingerprint density at radius 2 is 2.20 bits per heavy atom. The van der Waals surface area contributed by atoms with Gasteiger partial charge in [0, 0.05) is 6.07 Å². The fourth-order valence-electron chi connectivity index (χ4n) is 1.60. The third kappa shape index (κ3) is 3.13. The number of rotatable bonds is 4. The first kappa shape index (κ1) is 14.4. The molecule has 0 bridgehead atoms. The van der Waals surface area contributed by atoms with E-state index in [1.54, 1.807) is 31.4 Å². The van der Waals surface area contributed by atoms with E-state index in [1.807, 2.05) is 6.26 Å². The molecule has 0 saturated carbocycles. The molecule has 2 aromatic rings.